The van der Waals surface area contributed by atoms with Gasteiger partial charge in [-0.15, -0.1) is 0 Å². The van der Waals surface area contributed by atoms with Crippen molar-refractivity contribution in [2.45, 2.75) is 37.8 Å². The van der Waals surface area contributed by atoms with Gasteiger partial charge in [-0.05, 0) is 31.4 Å². The second-order valence-electron chi connectivity index (χ2n) is 6.51. The summed E-state index contributed by atoms with van der Waals surface area (Å²) >= 11 is 0. The maximum Gasteiger partial charge on any atom is 0.245 e. The highest BCUT2D eigenvalue weighted by atomic mass is 19.1. The molecule has 0 unspecified atom stereocenters. The molecule has 2 amide bonds. The zero-order chi connectivity index (χ0) is 17.4. The molecule has 2 saturated heterocycles. The number of hydrogen-bond acceptors (Lipinski definition) is 3. The molecule has 0 bridgehead atoms. The first kappa shape index (κ1) is 15.8. The SMILES string of the molecule is O=C1CC[C@H](C(=O)N2CCC[C@H]2c2ncc(-c3ccccc3F)[nH]2)N1. The third kappa shape index (κ3) is 2.90. The van der Waals surface area contributed by atoms with Crippen molar-refractivity contribution in [3.63, 3.8) is 0 Å². The molecule has 2 aromatic rings. The van der Waals surface area contributed by atoms with E-state index in [1.54, 1.807) is 29.3 Å². The molecule has 6 nitrogen and oxygen atoms in total. The van der Waals surface area contributed by atoms with Gasteiger partial charge in [0.1, 0.15) is 17.7 Å². The van der Waals surface area contributed by atoms with Crippen LogP contribution in [0.25, 0.3) is 11.3 Å². The van der Waals surface area contributed by atoms with E-state index in [1.807, 2.05) is 0 Å². The molecule has 2 aliphatic heterocycles. The number of nitrogens with one attached hydrogen (secondary N) is 2. The van der Waals surface area contributed by atoms with E-state index in [0.29, 0.717) is 36.5 Å². The molecular formula is C18H19FN4O2. The van der Waals surface area contributed by atoms with Gasteiger partial charge < -0.3 is 15.2 Å². The van der Waals surface area contributed by atoms with Crippen LogP contribution < -0.4 is 5.32 Å². The number of H-pyrrole nitrogens is 1. The minimum atomic E-state index is -0.436. The summed E-state index contributed by atoms with van der Waals surface area (Å²) in [6, 6.07) is 5.92. The zero-order valence-corrected chi connectivity index (χ0v) is 13.7. The smallest absolute Gasteiger partial charge is 0.245 e. The molecule has 25 heavy (non-hydrogen) atoms. The van der Waals surface area contributed by atoms with Crippen molar-refractivity contribution in [3.8, 4) is 11.3 Å². The van der Waals surface area contributed by atoms with Gasteiger partial charge in [-0.1, -0.05) is 12.1 Å². The van der Waals surface area contributed by atoms with Crippen LogP contribution >= 0.6 is 0 Å². The molecule has 0 spiro atoms. The first-order valence-electron chi connectivity index (χ1n) is 8.53. The summed E-state index contributed by atoms with van der Waals surface area (Å²) in [5, 5.41) is 2.73. The van der Waals surface area contributed by atoms with Crippen LogP contribution in [0.4, 0.5) is 4.39 Å². The van der Waals surface area contributed by atoms with Crippen LogP contribution in [-0.4, -0.2) is 39.3 Å². The number of likely N-dealkylation sites (tertiary alicyclic amines) is 1. The van der Waals surface area contributed by atoms with Crippen molar-refractivity contribution in [1.82, 2.24) is 20.2 Å². The van der Waals surface area contributed by atoms with E-state index in [4.69, 9.17) is 0 Å². The molecule has 0 aliphatic carbocycles. The summed E-state index contributed by atoms with van der Waals surface area (Å²) in [5.74, 6) is 0.213. The lowest BCUT2D eigenvalue weighted by atomic mass is 10.1. The molecule has 0 saturated carbocycles. The average Bonchev–Trinajstić information content (AvgIpc) is 3.34. The standard InChI is InChI=1S/C18H19FN4O2/c19-12-5-2-1-4-11(12)14-10-20-17(22-14)15-6-3-9-23(15)18(25)13-7-8-16(24)21-13/h1-2,4-5,10,13,15H,3,6-9H2,(H,20,22)(H,21,24)/t13-,15+/m1/s1. The van der Waals surface area contributed by atoms with Gasteiger partial charge in [-0.3, -0.25) is 9.59 Å². The Balaban J connectivity index is 1.56. The first-order chi connectivity index (χ1) is 12.1. The highest BCUT2D eigenvalue weighted by Crippen LogP contribution is 2.33. The van der Waals surface area contributed by atoms with Crippen molar-refractivity contribution < 1.29 is 14.0 Å². The van der Waals surface area contributed by atoms with E-state index in [0.717, 1.165) is 12.8 Å². The Labute approximate surface area is 144 Å². The van der Waals surface area contributed by atoms with Gasteiger partial charge in [0.2, 0.25) is 11.8 Å². The summed E-state index contributed by atoms with van der Waals surface area (Å²) in [7, 11) is 0. The lowest BCUT2D eigenvalue weighted by molar-refractivity contribution is -0.135. The molecule has 1 aromatic carbocycles. The summed E-state index contributed by atoms with van der Waals surface area (Å²) in [5.41, 5.74) is 1.06. The fourth-order valence-corrected chi connectivity index (χ4v) is 3.64. The Morgan fingerprint density at radius 2 is 2.12 bits per heavy atom. The third-order valence-electron chi connectivity index (χ3n) is 4.90. The van der Waals surface area contributed by atoms with Crippen LogP contribution in [0.1, 0.15) is 37.5 Å². The van der Waals surface area contributed by atoms with Crippen molar-refractivity contribution >= 4 is 11.8 Å². The number of rotatable bonds is 3. The van der Waals surface area contributed by atoms with Gasteiger partial charge in [0.05, 0.1) is 17.9 Å². The first-order valence-corrected chi connectivity index (χ1v) is 8.53. The number of carbonyl (C=O) groups excluding carboxylic acids is 2. The van der Waals surface area contributed by atoms with Gasteiger partial charge in [0.15, 0.2) is 0 Å². The molecule has 0 radical (unpaired) electrons. The minimum Gasteiger partial charge on any atom is -0.344 e. The average molecular weight is 342 g/mol. The molecule has 2 atom stereocenters. The molecular weight excluding hydrogens is 323 g/mol. The third-order valence-corrected chi connectivity index (χ3v) is 4.90. The maximum atomic E-state index is 14.0. The quantitative estimate of drug-likeness (QED) is 0.897. The lowest BCUT2D eigenvalue weighted by Gasteiger charge is -2.26. The maximum absolute atomic E-state index is 14.0. The summed E-state index contributed by atoms with van der Waals surface area (Å²) in [6.45, 7) is 0.644. The molecule has 1 aromatic heterocycles. The molecule has 130 valence electrons. The molecule has 3 heterocycles. The zero-order valence-electron chi connectivity index (χ0n) is 13.7. The Kier molecular flexibility index (Phi) is 3.99. The number of hydrogen-bond donors (Lipinski definition) is 2. The van der Waals surface area contributed by atoms with Gasteiger partial charge in [0, 0.05) is 18.5 Å². The number of amides is 2. The van der Waals surface area contributed by atoms with Crippen LogP contribution in [-0.2, 0) is 9.59 Å². The van der Waals surface area contributed by atoms with Crippen molar-refractivity contribution in [2.75, 3.05) is 6.54 Å². The predicted octanol–water partition coefficient (Wildman–Crippen LogP) is 2.16. The summed E-state index contributed by atoms with van der Waals surface area (Å²) in [6.07, 6.45) is 4.22. The van der Waals surface area contributed by atoms with Gasteiger partial charge in [0.25, 0.3) is 0 Å². The number of nitrogens with zero attached hydrogens (tertiary/aromatic N) is 2. The van der Waals surface area contributed by atoms with Gasteiger partial charge in [-0.2, -0.15) is 0 Å². The van der Waals surface area contributed by atoms with Crippen molar-refractivity contribution in [2.24, 2.45) is 0 Å². The fourth-order valence-electron chi connectivity index (χ4n) is 3.64. The lowest BCUT2D eigenvalue weighted by Crippen LogP contribution is -2.44. The normalized spacial score (nSPS) is 23.1. The minimum absolute atomic E-state index is 0.0582. The number of halogens is 1. The highest BCUT2D eigenvalue weighted by molar-refractivity contribution is 5.91. The van der Waals surface area contributed by atoms with Crippen LogP contribution in [0.5, 0.6) is 0 Å². The largest absolute Gasteiger partial charge is 0.344 e. The Morgan fingerprint density at radius 1 is 1.28 bits per heavy atom. The Morgan fingerprint density at radius 3 is 2.88 bits per heavy atom. The van der Waals surface area contributed by atoms with Crippen LogP contribution in [0.2, 0.25) is 0 Å². The Bertz CT molecular complexity index is 819. The van der Waals surface area contributed by atoms with E-state index < -0.39 is 6.04 Å². The second-order valence-corrected chi connectivity index (χ2v) is 6.51. The molecule has 2 N–H and O–H groups in total. The summed E-state index contributed by atoms with van der Waals surface area (Å²) in [4.78, 5) is 33.4. The van der Waals surface area contributed by atoms with Crippen molar-refractivity contribution in [3.05, 3.63) is 42.1 Å². The van der Waals surface area contributed by atoms with Crippen LogP contribution in [0.3, 0.4) is 0 Å². The van der Waals surface area contributed by atoms with E-state index in [2.05, 4.69) is 15.3 Å². The van der Waals surface area contributed by atoms with E-state index in [9.17, 15) is 14.0 Å². The number of aromatic nitrogens is 2. The summed E-state index contributed by atoms with van der Waals surface area (Å²) < 4.78 is 14.0. The molecule has 4 rings (SSSR count). The number of carbonyl (C=O) groups is 2. The van der Waals surface area contributed by atoms with E-state index in [1.165, 1.54) is 6.07 Å². The van der Waals surface area contributed by atoms with Crippen LogP contribution in [0.15, 0.2) is 30.5 Å². The fraction of sp³-hybridized carbons (Fsp3) is 0.389. The number of imidazole rings is 1. The predicted molar refractivity (Wildman–Crippen MR) is 88.8 cm³/mol. The molecule has 7 heteroatoms. The Hall–Kier alpha value is -2.70. The topological polar surface area (TPSA) is 78.1 Å². The van der Waals surface area contributed by atoms with Crippen LogP contribution in [0, 0.1) is 5.82 Å². The number of aromatic amines is 1. The molecule has 2 aliphatic rings. The van der Waals surface area contributed by atoms with Crippen molar-refractivity contribution in [1.29, 1.82) is 0 Å². The van der Waals surface area contributed by atoms with E-state index in [-0.39, 0.29) is 23.7 Å². The van der Waals surface area contributed by atoms with Gasteiger partial charge >= 0.3 is 0 Å². The monoisotopic (exact) mass is 342 g/mol. The van der Waals surface area contributed by atoms with Gasteiger partial charge in [-0.25, -0.2) is 9.37 Å². The number of benzene rings is 1. The van der Waals surface area contributed by atoms with E-state index >= 15 is 0 Å². The molecule has 2 fully saturated rings. The second kappa shape index (κ2) is 6.31. The highest BCUT2D eigenvalue weighted by Gasteiger charge is 2.38.